The van der Waals surface area contributed by atoms with Crippen molar-refractivity contribution in [3.05, 3.63) is 29.2 Å². The van der Waals surface area contributed by atoms with Crippen LogP contribution in [0.5, 0.6) is 0 Å². The monoisotopic (exact) mass is 375 g/mol. The van der Waals surface area contributed by atoms with Gasteiger partial charge in [-0.1, -0.05) is 11.3 Å². The lowest BCUT2D eigenvalue weighted by atomic mass is 10.3. The number of carbonyl (C=O) groups is 2. The molecule has 0 unspecified atom stereocenters. The topological polar surface area (TPSA) is 126 Å². The Morgan fingerprint density at radius 1 is 1.35 bits per heavy atom. The predicted octanol–water partition coefficient (Wildman–Crippen LogP) is 0.878. The zero-order chi connectivity index (χ0) is 18.4. The number of rotatable bonds is 9. The van der Waals surface area contributed by atoms with Gasteiger partial charge in [0.25, 0.3) is 5.91 Å². The van der Waals surface area contributed by atoms with Crippen LogP contribution in [0.15, 0.2) is 18.6 Å². The number of hydrogen-bond donors (Lipinski definition) is 3. The molecule has 1 fully saturated rings. The van der Waals surface area contributed by atoms with E-state index in [4.69, 9.17) is 5.73 Å². The quantitative estimate of drug-likeness (QED) is 0.555. The highest BCUT2D eigenvalue weighted by atomic mass is 32.1. The molecule has 2 amide bonds. The van der Waals surface area contributed by atoms with Crippen molar-refractivity contribution in [1.82, 2.24) is 25.2 Å². The van der Waals surface area contributed by atoms with E-state index in [1.165, 1.54) is 23.9 Å². The van der Waals surface area contributed by atoms with Crippen molar-refractivity contribution in [3.8, 4) is 0 Å². The average Bonchev–Trinajstić information content (AvgIpc) is 3.24. The van der Waals surface area contributed by atoms with Crippen molar-refractivity contribution < 1.29 is 9.59 Å². The lowest BCUT2D eigenvalue weighted by Crippen LogP contribution is -2.28. The number of hydrogen-bond acceptors (Lipinski definition) is 8. The molecule has 1 saturated heterocycles. The van der Waals surface area contributed by atoms with Crippen molar-refractivity contribution >= 4 is 34.1 Å². The lowest BCUT2D eigenvalue weighted by Gasteiger charge is -2.15. The van der Waals surface area contributed by atoms with E-state index < -0.39 is 5.91 Å². The number of nitrogens with one attached hydrogen (secondary N) is 2. The normalized spacial score (nSPS) is 14.0. The van der Waals surface area contributed by atoms with Gasteiger partial charge in [0.2, 0.25) is 5.91 Å². The molecule has 4 N–H and O–H groups in total. The first kappa shape index (κ1) is 18.2. The lowest BCUT2D eigenvalue weighted by molar-refractivity contribution is -0.127. The van der Waals surface area contributed by atoms with Gasteiger partial charge < -0.3 is 21.3 Å². The maximum atomic E-state index is 11.5. The van der Waals surface area contributed by atoms with E-state index in [2.05, 4.69) is 25.6 Å². The summed E-state index contributed by atoms with van der Waals surface area (Å²) in [4.78, 5) is 37.4. The Morgan fingerprint density at radius 3 is 2.96 bits per heavy atom. The minimum atomic E-state index is -0.501. The van der Waals surface area contributed by atoms with E-state index in [9.17, 15) is 9.59 Å². The maximum absolute atomic E-state index is 11.5. The Hall–Kier alpha value is -2.59. The number of thiazole rings is 1. The van der Waals surface area contributed by atoms with Gasteiger partial charge in [0, 0.05) is 32.1 Å². The smallest absolute Gasteiger partial charge is 0.260 e. The molecule has 0 radical (unpaired) electrons. The number of aromatic nitrogens is 3. The summed E-state index contributed by atoms with van der Waals surface area (Å²) in [6, 6.07) is 1.82. The molecular weight excluding hydrogens is 354 g/mol. The van der Waals surface area contributed by atoms with Crippen LogP contribution in [0.3, 0.4) is 0 Å². The first-order valence-electron chi connectivity index (χ1n) is 8.44. The van der Waals surface area contributed by atoms with Crippen molar-refractivity contribution in [2.75, 3.05) is 25.0 Å². The van der Waals surface area contributed by atoms with Crippen molar-refractivity contribution in [1.29, 1.82) is 0 Å². The molecule has 26 heavy (non-hydrogen) atoms. The summed E-state index contributed by atoms with van der Waals surface area (Å²) in [7, 11) is 0. The number of primary amides is 1. The van der Waals surface area contributed by atoms with Crippen molar-refractivity contribution in [3.63, 3.8) is 0 Å². The Bertz CT molecular complexity index is 779. The summed E-state index contributed by atoms with van der Waals surface area (Å²) in [5.41, 5.74) is 6.06. The molecule has 2 aromatic rings. The van der Waals surface area contributed by atoms with Gasteiger partial charge in [-0.3, -0.25) is 9.59 Å². The molecule has 1 aliphatic heterocycles. The Balaban J connectivity index is 1.43. The molecule has 0 saturated carbocycles. The summed E-state index contributed by atoms with van der Waals surface area (Å²) >= 11 is 1.17. The van der Waals surface area contributed by atoms with Crippen LogP contribution in [-0.4, -0.2) is 51.3 Å². The van der Waals surface area contributed by atoms with Gasteiger partial charge in [-0.2, -0.15) is 0 Å². The van der Waals surface area contributed by atoms with E-state index in [-0.39, 0.29) is 5.91 Å². The van der Waals surface area contributed by atoms with Gasteiger partial charge in [-0.05, 0) is 19.4 Å². The first-order chi connectivity index (χ1) is 12.6. The summed E-state index contributed by atoms with van der Waals surface area (Å²) in [6.45, 7) is 3.10. The SMILES string of the molecule is NC(=O)c1cnc(Nc2cc(CNCCCN3CCCC3=O)ncn2)s1. The second-order valence-corrected chi connectivity index (χ2v) is 6.96. The van der Waals surface area contributed by atoms with E-state index >= 15 is 0 Å². The largest absolute Gasteiger partial charge is 0.365 e. The Morgan fingerprint density at radius 2 is 2.23 bits per heavy atom. The van der Waals surface area contributed by atoms with Gasteiger partial charge in [-0.15, -0.1) is 0 Å². The van der Waals surface area contributed by atoms with E-state index in [1.54, 1.807) is 0 Å². The fourth-order valence-corrected chi connectivity index (χ4v) is 3.35. The maximum Gasteiger partial charge on any atom is 0.260 e. The number of carbonyl (C=O) groups excluding carboxylic acids is 2. The zero-order valence-electron chi connectivity index (χ0n) is 14.3. The van der Waals surface area contributed by atoms with E-state index in [0.29, 0.717) is 28.8 Å². The summed E-state index contributed by atoms with van der Waals surface area (Å²) < 4.78 is 0. The molecule has 0 atom stereocenters. The molecular formula is C16H21N7O2S. The predicted molar refractivity (Wildman–Crippen MR) is 98.1 cm³/mol. The molecule has 0 aromatic carbocycles. The Kier molecular flexibility index (Phi) is 6.08. The second kappa shape index (κ2) is 8.68. The molecule has 1 aliphatic rings. The van der Waals surface area contributed by atoms with Gasteiger partial charge in [0.05, 0.1) is 11.9 Å². The number of nitrogens with two attached hydrogens (primary N) is 1. The fourth-order valence-electron chi connectivity index (χ4n) is 2.67. The van der Waals surface area contributed by atoms with E-state index in [1.807, 2.05) is 11.0 Å². The third-order valence-corrected chi connectivity index (χ3v) is 4.89. The summed E-state index contributed by atoms with van der Waals surface area (Å²) in [6.07, 6.45) is 5.49. The zero-order valence-corrected chi connectivity index (χ0v) is 15.1. The van der Waals surface area contributed by atoms with Crippen molar-refractivity contribution in [2.24, 2.45) is 5.73 Å². The average molecular weight is 375 g/mol. The van der Waals surface area contributed by atoms with Crippen LogP contribution in [0, 0.1) is 0 Å². The molecule has 2 aromatic heterocycles. The molecule has 10 heteroatoms. The highest BCUT2D eigenvalue weighted by Gasteiger charge is 2.18. The number of anilines is 2. The molecule has 9 nitrogen and oxygen atoms in total. The minimum Gasteiger partial charge on any atom is -0.365 e. The van der Waals surface area contributed by atoms with Crippen LogP contribution >= 0.6 is 11.3 Å². The van der Waals surface area contributed by atoms with Crippen molar-refractivity contribution in [2.45, 2.75) is 25.8 Å². The van der Waals surface area contributed by atoms with Gasteiger partial charge >= 0.3 is 0 Å². The van der Waals surface area contributed by atoms with Gasteiger partial charge in [0.15, 0.2) is 5.13 Å². The van der Waals surface area contributed by atoms with Crippen LogP contribution in [-0.2, 0) is 11.3 Å². The molecule has 0 spiro atoms. The summed E-state index contributed by atoms with van der Waals surface area (Å²) in [5.74, 6) is 0.363. The highest BCUT2D eigenvalue weighted by Crippen LogP contribution is 2.21. The molecule has 0 bridgehead atoms. The van der Waals surface area contributed by atoms with Crippen LogP contribution < -0.4 is 16.4 Å². The van der Waals surface area contributed by atoms with Crippen LogP contribution in [0.25, 0.3) is 0 Å². The number of likely N-dealkylation sites (tertiary alicyclic amines) is 1. The standard InChI is InChI=1S/C16H21N7O2S/c17-15(25)12-9-19-16(26-12)22-13-7-11(20-10-21-13)8-18-4-2-6-23-5-1-3-14(23)24/h7,9-10,18H,1-6,8H2,(H2,17,25)(H,19,20,21,22). The summed E-state index contributed by atoms with van der Waals surface area (Å²) in [5, 5.41) is 6.91. The fraction of sp³-hybridized carbons (Fsp3) is 0.438. The van der Waals surface area contributed by atoms with Crippen LogP contribution in [0.1, 0.15) is 34.6 Å². The van der Waals surface area contributed by atoms with Gasteiger partial charge in [0.1, 0.15) is 17.0 Å². The van der Waals surface area contributed by atoms with E-state index in [0.717, 1.165) is 38.2 Å². The number of amides is 2. The minimum absolute atomic E-state index is 0.262. The van der Waals surface area contributed by atoms with Crippen LogP contribution in [0.4, 0.5) is 10.9 Å². The molecule has 138 valence electrons. The first-order valence-corrected chi connectivity index (χ1v) is 9.25. The highest BCUT2D eigenvalue weighted by molar-refractivity contribution is 7.17. The third kappa shape index (κ3) is 4.96. The third-order valence-electron chi connectivity index (χ3n) is 3.97. The number of nitrogens with zero attached hydrogens (tertiary/aromatic N) is 4. The second-order valence-electron chi connectivity index (χ2n) is 5.93. The molecule has 3 rings (SSSR count). The van der Waals surface area contributed by atoms with Gasteiger partial charge in [-0.25, -0.2) is 15.0 Å². The molecule has 3 heterocycles. The Labute approximate surface area is 155 Å². The molecule has 0 aliphatic carbocycles. The van der Waals surface area contributed by atoms with Crippen LogP contribution in [0.2, 0.25) is 0 Å².